The van der Waals surface area contributed by atoms with Crippen LogP contribution in [0.3, 0.4) is 0 Å². The molecule has 0 bridgehead atoms. The quantitative estimate of drug-likeness (QED) is 0.392. The van der Waals surface area contributed by atoms with Gasteiger partial charge in [0.1, 0.15) is 18.1 Å². The van der Waals surface area contributed by atoms with Crippen LogP contribution in [0.1, 0.15) is 12.5 Å². The molecule has 3 aromatic carbocycles. The number of anilines is 3. The monoisotopic (exact) mass is 506 g/mol. The zero-order valence-electron chi connectivity index (χ0n) is 18.7. The Balaban J connectivity index is 1.44. The van der Waals surface area contributed by atoms with E-state index in [-0.39, 0.29) is 17.5 Å². The number of aromatic nitrogens is 2. The molecule has 4 aromatic rings. The van der Waals surface area contributed by atoms with Crippen LogP contribution in [0.15, 0.2) is 83.1 Å². The van der Waals surface area contributed by atoms with Gasteiger partial charge in [-0.3, -0.25) is 9.80 Å². The summed E-state index contributed by atoms with van der Waals surface area (Å²) in [5.74, 6) is -0.241. The Hall–Kier alpha value is -3.80. The molecule has 11 heteroatoms. The second-order valence-corrected chi connectivity index (χ2v) is 10.4. The van der Waals surface area contributed by atoms with Crippen molar-refractivity contribution in [3.8, 4) is 11.3 Å². The Bertz CT molecular complexity index is 1440. The average molecular weight is 507 g/mol. The molecule has 0 aliphatic carbocycles. The van der Waals surface area contributed by atoms with E-state index >= 15 is 0 Å². The van der Waals surface area contributed by atoms with Crippen molar-refractivity contribution < 1.29 is 13.2 Å². The van der Waals surface area contributed by atoms with E-state index in [0.29, 0.717) is 23.6 Å². The van der Waals surface area contributed by atoms with Crippen molar-refractivity contribution in [2.24, 2.45) is 0 Å². The summed E-state index contributed by atoms with van der Waals surface area (Å²) >= 11 is 1.30. The molecular formula is C24H22N6O3S2. The van der Waals surface area contributed by atoms with Crippen molar-refractivity contribution in [2.75, 3.05) is 21.3 Å². The molecule has 178 valence electrons. The molecule has 2 N–H and O–H groups in total. The fourth-order valence-corrected chi connectivity index (χ4v) is 5.80. The largest absolute Gasteiger partial charge is 0.324 e. The van der Waals surface area contributed by atoms with E-state index < -0.39 is 10.0 Å². The summed E-state index contributed by atoms with van der Waals surface area (Å²) in [7, 11) is -3.82. The Morgan fingerprint density at radius 3 is 2.49 bits per heavy atom. The highest BCUT2D eigenvalue weighted by Crippen LogP contribution is 2.43. The van der Waals surface area contributed by atoms with E-state index in [1.54, 1.807) is 53.5 Å². The molecule has 0 unspecified atom stereocenters. The van der Waals surface area contributed by atoms with Crippen molar-refractivity contribution in [3.63, 3.8) is 0 Å². The van der Waals surface area contributed by atoms with Crippen LogP contribution in [-0.2, 0) is 21.4 Å². The normalized spacial score (nSPS) is 13.1. The number of hydrogen-bond acceptors (Lipinski definition) is 8. The summed E-state index contributed by atoms with van der Waals surface area (Å²) in [4.78, 5) is 12.0. The first-order valence-corrected chi connectivity index (χ1v) is 13.1. The number of hydrogen-bond donors (Lipinski definition) is 2. The van der Waals surface area contributed by atoms with Gasteiger partial charge in [-0.1, -0.05) is 53.0 Å². The van der Waals surface area contributed by atoms with Crippen molar-refractivity contribution >= 4 is 44.5 Å². The number of rotatable bonds is 7. The van der Waals surface area contributed by atoms with Gasteiger partial charge >= 0.3 is 0 Å². The number of hydrazine groups is 1. The first-order chi connectivity index (χ1) is 16.9. The third kappa shape index (κ3) is 4.61. The van der Waals surface area contributed by atoms with E-state index in [1.165, 1.54) is 22.8 Å². The molecule has 1 amide bonds. The minimum absolute atomic E-state index is 0.0474. The highest BCUT2D eigenvalue weighted by Gasteiger charge is 2.36. The van der Waals surface area contributed by atoms with E-state index in [0.717, 1.165) is 16.8 Å². The van der Waals surface area contributed by atoms with E-state index in [4.69, 9.17) is 0 Å². The highest BCUT2D eigenvalue weighted by molar-refractivity contribution is 7.92. The number of sulfonamides is 1. The average Bonchev–Trinajstić information content (AvgIpc) is 3.53. The molecule has 0 saturated carbocycles. The summed E-state index contributed by atoms with van der Waals surface area (Å²) in [5.41, 5.74) is 7.73. The van der Waals surface area contributed by atoms with Crippen LogP contribution in [-0.4, -0.2) is 30.6 Å². The van der Waals surface area contributed by atoms with E-state index in [9.17, 15) is 13.2 Å². The maximum Gasteiger partial charge on any atom is 0.265 e. The van der Waals surface area contributed by atoms with Crippen LogP contribution in [0.5, 0.6) is 0 Å². The van der Waals surface area contributed by atoms with Gasteiger partial charge in [-0.2, -0.15) is 0 Å². The number of para-hydroxylation sites is 1. The first-order valence-electron chi connectivity index (χ1n) is 10.8. The fourth-order valence-electron chi connectivity index (χ4n) is 3.91. The molecule has 0 atom stereocenters. The molecule has 2 heterocycles. The lowest BCUT2D eigenvalue weighted by Gasteiger charge is -2.23. The van der Waals surface area contributed by atoms with Gasteiger partial charge in [0.2, 0.25) is 5.91 Å². The number of carbonyl (C=O) groups is 1. The SMILES string of the molecule is CC(=O)Nc1cccc2c1N(NCc1ccc(-c3csnn3)cc1)CN2S(=O)(=O)c1ccccc1. The second-order valence-electron chi connectivity index (χ2n) is 7.91. The van der Waals surface area contributed by atoms with Gasteiger partial charge in [-0.25, -0.2) is 18.1 Å². The number of nitrogens with zero attached hydrogens (tertiary/aromatic N) is 4. The highest BCUT2D eigenvalue weighted by atomic mass is 32.2. The summed E-state index contributed by atoms with van der Waals surface area (Å²) in [6.07, 6.45) is 0. The van der Waals surface area contributed by atoms with Gasteiger partial charge in [0.05, 0.1) is 16.3 Å². The minimum atomic E-state index is -3.82. The van der Waals surface area contributed by atoms with Crippen molar-refractivity contribution in [1.29, 1.82) is 0 Å². The standard InChI is InChI=1S/C24H22N6O3S2/c1-17(31)26-21-8-5-9-23-24(21)29(16-30(23)35(32,33)20-6-3-2-4-7-20)25-14-18-10-12-19(13-11-18)22-15-34-28-27-22/h2-13,15,25H,14,16H2,1H3,(H,26,31). The second kappa shape index (κ2) is 9.45. The third-order valence-corrected chi connectivity index (χ3v) is 7.81. The number of benzene rings is 3. The van der Waals surface area contributed by atoms with Crippen LogP contribution in [0.2, 0.25) is 0 Å². The Morgan fingerprint density at radius 1 is 1.03 bits per heavy atom. The van der Waals surface area contributed by atoms with Crippen LogP contribution >= 0.6 is 11.5 Å². The molecule has 9 nitrogen and oxygen atoms in total. The van der Waals surface area contributed by atoms with Gasteiger partial charge in [0.25, 0.3) is 10.0 Å². The zero-order chi connectivity index (χ0) is 24.4. The summed E-state index contributed by atoms with van der Waals surface area (Å²) < 4.78 is 32.2. The smallest absolute Gasteiger partial charge is 0.265 e. The number of carbonyl (C=O) groups excluding carboxylic acids is 1. The fraction of sp³-hybridized carbons (Fsp3) is 0.125. The van der Waals surface area contributed by atoms with Crippen LogP contribution in [0.25, 0.3) is 11.3 Å². The van der Waals surface area contributed by atoms with Crippen LogP contribution in [0.4, 0.5) is 17.1 Å². The van der Waals surface area contributed by atoms with Gasteiger partial charge in [0, 0.05) is 24.4 Å². The summed E-state index contributed by atoms with van der Waals surface area (Å²) in [6.45, 7) is 1.92. The van der Waals surface area contributed by atoms with Crippen molar-refractivity contribution in [2.45, 2.75) is 18.4 Å². The first kappa shape index (κ1) is 23.0. The lowest BCUT2D eigenvalue weighted by atomic mass is 10.1. The van der Waals surface area contributed by atoms with Gasteiger partial charge in [-0.05, 0) is 41.4 Å². The Kier molecular flexibility index (Phi) is 6.20. The molecule has 1 aromatic heterocycles. The molecular weight excluding hydrogens is 484 g/mol. The topological polar surface area (TPSA) is 108 Å². The molecule has 1 aliphatic heterocycles. The lowest BCUT2D eigenvalue weighted by Crippen LogP contribution is -2.42. The van der Waals surface area contributed by atoms with E-state index in [2.05, 4.69) is 20.3 Å². The zero-order valence-corrected chi connectivity index (χ0v) is 20.4. The molecule has 35 heavy (non-hydrogen) atoms. The summed E-state index contributed by atoms with van der Waals surface area (Å²) in [5, 5.41) is 10.5. The van der Waals surface area contributed by atoms with Crippen molar-refractivity contribution in [3.05, 3.63) is 83.7 Å². The predicted octanol–water partition coefficient (Wildman–Crippen LogP) is 3.84. The van der Waals surface area contributed by atoms with E-state index in [1.807, 2.05) is 29.6 Å². The Labute approximate surface area is 207 Å². The molecule has 0 spiro atoms. The van der Waals surface area contributed by atoms with Gasteiger partial charge < -0.3 is 5.32 Å². The Morgan fingerprint density at radius 2 is 1.80 bits per heavy atom. The van der Waals surface area contributed by atoms with Crippen molar-refractivity contribution in [1.82, 2.24) is 15.0 Å². The predicted molar refractivity (Wildman–Crippen MR) is 136 cm³/mol. The molecule has 0 radical (unpaired) electrons. The van der Waals surface area contributed by atoms with Crippen LogP contribution < -0.4 is 20.1 Å². The summed E-state index contributed by atoms with van der Waals surface area (Å²) in [6, 6.07) is 21.4. The maximum atomic E-state index is 13.5. The molecule has 0 saturated heterocycles. The van der Waals surface area contributed by atoms with Gasteiger partial charge in [0.15, 0.2) is 0 Å². The number of nitrogens with one attached hydrogen (secondary N) is 2. The number of amides is 1. The van der Waals surface area contributed by atoms with Crippen LogP contribution in [0, 0.1) is 0 Å². The maximum absolute atomic E-state index is 13.5. The minimum Gasteiger partial charge on any atom is -0.324 e. The molecule has 5 rings (SSSR count). The molecule has 1 aliphatic rings. The third-order valence-electron chi connectivity index (χ3n) is 5.55. The lowest BCUT2D eigenvalue weighted by molar-refractivity contribution is -0.114. The molecule has 0 fully saturated rings. The van der Waals surface area contributed by atoms with Gasteiger partial charge in [-0.15, -0.1) is 5.10 Å². The number of fused-ring (bicyclic) bond motifs is 1.